The van der Waals surface area contributed by atoms with Crippen LogP contribution in [0.5, 0.6) is 0 Å². The zero-order chi connectivity index (χ0) is 14.7. The molecule has 0 saturated carbocycles. The van der Waals surface area contributed by atoms with E-state index in [9.17, 15) is 9.90 Å². The Kier molecular flexibility index (Phi) is 4.65. The van der Waals surface area contributed by atoms with E-state index in [4.69, 9.17) is 0 Å². The second kappa shape index (κ2) is 6.27. The summed E-state index contributed by atoms with van der Waals surface area (Å²) in [5, 5.41) is 12.3. The van der Waals surface area contributed by atoms with Crippen LogP contribution >= 0.6 is 0 Å². The first kappa shape index (κ1) is 14.9. The molecule has 4 heteroatoms. The van der Waals surface area contributed by atoms with Gasteiger partial charge in [-0.25, -0.2) is 4.79 Å². The summed E-state index contributed by atoms with van der Waals surface area (Å²) in [7, 11) is 0. The van der Waals surface area contributed by atoms with Gasteiger partial charge in [0.15, 0.2) is 0 Å². The fourth-order valence-electron chi connectivity index (χ4n) is 2.90. The van der Waals surface area contributed by atoms with Gasteiger partial charge >= 0.3 is 6.03 Å². The molecular weight excluding hydrogens is 252 g/mol. The van der Waals surface area contributed by atoms with Gasteiger partial charge in [0.25, 0.3) is 0 Å². The van der Waals surface area contributed by atoms with Crippen molar-refractivity contribution in [2.45, 2.75) is 45.7 Å². The Morgan fingerprint density at radius 1 is 1.40 bits per heavy atom. The van der Waals surface area contributed by atoms with Gasteiger partial charge in [-0.1, -0.05) is 29.3 Å². The lowest BCUT2D eigenvalue weighted by Crippen LogP contribution is -2.44. The first-order valence-electron chi connectivity index (χ1n) is 7.27. The SMILES string of the molecule is Cc1cc(C)cc(C(C)NC(=O)N2CCCC2CO)c1. The maximum Gasteiger partial charge on any atom is 0.318 e. The summed E-state index contributed by atoms with van der Waals surface area (Å²) in [4.78, 5) is 14.0. The van der Waals surface area contributed by atoms with Crippen LogP contribution in [0.1, 0.15) is 42.5 Å². The highest BCUT2D eigenvalue weighted by Gasteiger charge is 2.28. The van der Waals surface area contributed by atoms with E-state index in [0.717, 1.165) is 24.9 Å². The molecule has 1 aliphatic rings. The Morgan fingerprint density at radius 3 is 2.65 bits per heavy atom. The minimum Gasteiger partial charge on any atom is -0.394 e. The summed E-state index contributed by atoms with van der Waals surface area (Å²) in [6.45, 7) is 6.90. The lowest BCUT2D eigenvalue weighted by Gasteiger charge is -2.26. The van der Waals surface area contributed by atoms with Crippen molar-refractivity contribution < 1.29 is 9.90 Å². The molecule has 110 valence electrons. The summed E-state index contributed by atoms with van der Waals surface area (Å²) in [6, 6.07) is 6.20. The van der Waals surface area contributed by atoms with E-state index in [0.29, 0.717) is 0 Å². The Morgan fingerprint density at radius 2 is 2.05 bits per heavy atom. The highest BCUT2D eigenvalue weighted by molar-refractivity contribution is 5.75. The molecular formula is C16H24N2O2. The molecule has 2 unspecified atom stereocenters. The number of aliphatic hydroxyl groups excluding tert-OH is 1. The first-order chi connectivity index (χ1) is 9.51. The molecule has 1 saturated heterocycles. The third kappa shape index (κ3) is 3.31. The summed E-state index contributed by atoms with van der Waals surface area (Å²) in [6.07, 6.45) is 1.86. The number of benzene rings is 1. The number of urea groups is 1. The quantitative estimate of drug-likeness (QED) is 0.891. The Labute approximate surface area is 120 Å². The van der Waals surface area contributed by atoms with Gasteiger partial charge in [-0.05, 0) is 39.2 Å². The molecule has 0 radical (unpaired) electrons. The zero-order valence-electron chi connectivity index (χ0n) is 12.5. The van der Waals surface area contributed by atoms with Crippen molar-refractivity contribution >= 4 is 6.03 Å². The van der Waals surface area contributed by atoms with Gasteiger partial charge in [0.05, 0.1) is 18.7 Å². The number of rotatable bonds is 3. The molecule has 1 aromatic carbocycles. The third-order valence-electron chi connectivity index (χ3n) is 3.93. The van der Waals surface area contributed by atoms with Crippen molar-refractivity contribution in [2.24, 2.45) is 0 Å². The number of hydrogen-bond acceptors (Lipinski definition) is 2. The number of aryl methyl sites for hydroxylation is 2. The van der Waals surface area contributed by atoms with E-state index in [1.165, 1.54) is 11.1 Å². The maximum absolute atomic E-state index is 12.3. The van der Waals surface area contributed by atoms with Crippen molar-refractivity contribution in [1.82, 2.24) is 10.2 Å². The van der Waals surface area contributed by atoms with E-state index in [2.05, 4.69) is 37.4 Å². The Balaban J connectivity index is 2.03. The number of amides is 2. The molecule has 4 nitrogen and oxygen atoms in total. The van der Waals surface area contributed by atoms with Crippen molar-refractivity contribution in [2.75, 3.05) is 13.2 Å². The van der Waals surface area contributed by atoms with Gasteiger partial charge in [-0.3, -0.25) is 0 Å². The molecule has 1 heterocycles. The predicted molar refractivity (Wildman–Crippen MR) is 79.7 cm³/mol. The molecule has 1 aliphatic heterocycles. The van der Waals surface area contributed by atoms with Gasteiger partial charge in [0, 0.05) is 6.54 Å². The van der Waals surface area contributed by atoms with Crippen LogP contribution in [-0.2, 0) is 0 Å². The largest absolute Gasteiger partial charge is 0.394 e. The molecule has 0 aliphatic carbocycles. The summed E-state index contributed by atoms with van der Waals surface area (Å²) < 4.78 is 0. The second-order valence-electron chi connectivity index (χ2n) is 5.76. The van der Waals surface area contributed by atoms with Crippen molar-refractivity contribution in [3.05, 3.63) is 34.9 Å². The van der Waals surface area contributed by atoms with Gasteiger partial charge < -0.3 is 15.3 Å². The molecule has 2 N–H and O–H groups in total. The lowest BCUT2D eigenvalue weighted by molar-refractivity contribution is 0.155. The highest BCUT2D eigenvalue weighted by atomic mass is 16.3. The van der Waals surface area contributed by atoms with E-state index >= 15 is 0 Å². The number of aliphatic hydroxyl groups is 1. The van der Waals surface area contributed by atoms with Crippen LogP contribution in [0.15, 0.2) is 18.2 Å². The number of hydrogen-bond donors (Lipinski definition) is 2. The molecule has 0 spiro atoms. The number of carbonyl (C=O) groups is 1. The number of likely N-dealkylation sites (tertiary alicyclic amines) is 1. The van der Waals surface area contributed by atoms with Gasteiger partial charge in [0.1, 0.15) is 0 Å². The molecule has 2 amide bonds. The predicted octanol–water partition coefficient (Wildman–Crippen LogP) is 2.53. The van der Waals surface area contributed by atoms with E-state index < -0.39 is 0 Å². The van der Waals surface area contributed by atoms with E-state index in [1.54, 1.807) is 4.90 Å². The Bertz CT molecular complexity index is 467. The normalized spacial score (nSPS) is 20.0. The topological polar surface area (TPSA) is 52.6 Å². The summed E-state index contributed by atoms with van der Waals surface area (Å²) in [5.41, 5.74) is 3.53. The lowest BCUT2D eigenvalue weighted by atomic mass is 10.0. The van der Waals surface area contributed by atoms with Crippen LogP contribution < -0.4 is 5.32 Å². The fourth-order valence-corrected chi connectivity index (χ4v) is 2.90. The smallest absolute Gasteiger partial charge is 0.318 e. The van der Waals surface area contributed by atoms with Crippen LogP contribution in [0.3, 0.4) is 0 Å². The standard InChI is InChI=1S/C16H24N2O2/c1-11-7-12(2)9-14(8-11)13(3)17-16(20)18-6-4-5-15(18)10-19/h7-9,13,15,19H,4-6,10H2,1-3H3,(H,17,20). The minimum absolute atomic E-state index is 0.0264. The van der Waals surface area contributed by atoms with Gasteiger partial charge in [-0.15, -0.1) is 0 Å². The molecule has 0 aromatic heterocycles. The highest BCUT2D eigenvalue weighted by Crippen LogP contribution is 2.20. The molecule has 0 bridgehead atoms. The fraction of sp³-hybridized carbons (Fsp3) is 0.562. The third-order valence-corrected chi connectivity index (χ3v) is 3.93. The van der Waals surface area contributed by atoms with Crippen molar-refractivity contribution in [3.8, 4) is 0 Å². The van der Waals surface area contributed by atoms with E-state index in [-0.39, 0.29) is 24.7 Å². The van der Waals surface area contributed by atoms with Crippen LogP contribution in [0, 0.1) is 13.8 Å². The molecule has 1 fully saturated rings. The van der Waals surface area contributed by atoms with Crippen LogP contribution in [0.2, 0.25) is 0 Å². The summed E-state index contributed by atoms with van der Waals surface area (Å²) in [5.74, 6) is 0. The molecule has 20 heavy (non-hydrogen) atoms. The number of nitrogens with zero attached hydrogens (tertiary/aromatic N) is 1. The molecule has 2 atom stereocenters. The van der Waals surface area contributed by atoms with Crippen LogP contribution in [0.25, 0.3) is 0 Å². The maximum atomic E-state index is 12.3. The van der Waals surface area contributed by atoms with Crippen molar-refractivity contribution in [1.29, 1.82) is 0 Å². The van der Waals surface area contributed by atoms with E-state index in [1.807, 2.05) is 6.92 Å². The first-order valence-corrected chi connectivity index (χ1v) is 7.27. The summed E-state index contributed by atoms with van der Waals surface area (Å²) >= 11 is 0. The van der Waals surface area contributed by atoms with Crippen LogP contribution in [-0.4, -0.2) is 35.2 Å². The monoisotopic (exact) mass is 276 g/mol. The molecule has 1 aromatic rings. The minimum atomic E-state index is -0.0757. The zero-order valence-corrected chi connectivity index (χ0v) is 12.5. The molecule has 2 rings (SSSR count). The average Bonchev–Trinajstić information content (AvgIpc) is 2.85. The van der Waals surface area contributed by atoms with Gasteiger partial charge in [-0.2, -0.15) is 0 Å². The van der Waals surface area contributed by atoms with Crippen molar-refractivity contribution in [3.63, 3.8) is 0 Å². The Hall–Kier alpha value is -1.55. The number of carbonyl (C=O) groups excluding carboxylic acids is 1. The number of nitrogens with one attached hydrogen (secondary N) is 1. The van der Waals surface area contributed by atoms with Gasteiger partial charge in [0.2, 0.25) is 0 Å². The second-order valence-corrected chi connectivity index (χ2v) is 5.76. The average molecular weight is 276 g/mol. The van der Waals surface area contributed by atoms with Crippen LogP contribution in [0.4, 0.5) is 4.79 Å².